The molecule has 2 aliphatic heterocycles. The molecule has 0 spiro atoms. The van der Waals surface area contributed by atoms with Gasteiger partial charge in [0, 0.05) is 46.3 Å². The zero-order chi connectivity index (χ0) is 17.1. The van der Waals surface area contributed by atoms with Crippen molar-refractivity contribution in [2.45, 2.75) is 12.8 Å². The first kappa shape index (κ1) is 16.5. The van der Waals surface area contributed by atoms with E-state index in [0.29, 0.717) is 19.6 Å². The molecule has 8 heteroatoms. The smallest absolute Gasteiger partial charge is 0.241 e. The van der Waals surface area contributed by atoms with Crippen LogP contribution in [0.5, 0.6) is 0 Å². The van der Waals surface area contributed by atoms with E-state index >= 15 is 0 Å². The Hall–Kier alpha value is -2.38. The highest BCUT2D eigenvalue weighted by Gasteiger charge is 2.27. The predicted octanol–water partition coefficient (Wildman–Crippen LogP) is -0.283. The third-order valence-corrected chi connectivity index (χ3v) is 4.78. The lowest BCUT2D eigenvalue weighted by Crippen LogP contribution is -2.49. The Morgan fingerprint density at radius 3 is 2.67 bits per heavy atom. The lowest BCUT2D eigenvalue weighted by atomic mass is 9.97. The summed E-state index contributed by atoms with van der Waals surface area (Å²) in [7, 11) is 3.49. The molecule has 1 aromatic heterocycles. The van der Waals surface area contributed by atoms with Crippen LogP contribution in [0, 0.1) is 5.92 Å². The van der Waals surface area contributed by atoms with Gasteiger partial charge in [0.05, 0.1) is 12.5 Å². The third kappa shape index (κ3) is 3.42. The lowest BCUT2D eigenvalue weighted by Gasteiger charge is -2.35. The van der Waals surface area contributed by atoms with Crippen molar-refractivity contribution in [2.24, 2.45) is 5.92 Å². The molecule has 3 heterocycles. The van der Waals surface area contributed by atoms with E-state index in [9.17, 15) is 9.59 Å². The fraction of sp³-hybridized carbons (Fsp3) is 0.625. The third-order valence-electron chi connectivity index (χ3n) is 4.78. The summed E-state index contributed by atoms with van der Waals surface area (Å²) in [4.78, 5) is 38.3. The van der Waals surface area contributed by atoms with Crippen LogP contribution in [0.15, 0.2) is 12.4 Å². The van der Waals surface area contributed by atoms with E-state index in [1.807, 2.05) is 18.0 Å². The zero-order valence-electron chi connectivity index (χ0n) is 14.2. The summed E-state index contributed by atoms with van der Waals surface area (Å²) in [6.45, 7) is 3.34. The van der Waals surface area contributed by atoms with Crippen molar-refractivity contribution in [3.63, 3.8) is 0 Å². The number of piperazine rings is 1. The van der Waals surface area contributed by atoms with Crippen molar-refractivity contribution < 1.29 is 9.59 Å². The van der Waals surface area contributed by atoms with Gasteiger partial charge in [0.2, 0.25) is 11.8 Å². The minimum atomic E-state index is -0.00706. The average molecular weight is 332 g/mol. The molecule has 1 aromatic rings. The van der Waals surface area contributed by atoms with E-state index in [1.54, 1.807) is 11.9 Å². The molecule has 8 nitrogen and oxygen atoms in total. The van der Waals surface area contributed by atoms with Crippen molar-refractivity contribution in [1.82, 2.24) is 20.2 Å². The number of piperidine rings is 1. The number of anilines is 2. The second kappa shape index (κ2) is 7.02. The fourth-order valence-electron chi connectivity index (χ4n) is 3.24. The van der Waals surface area contributed by atoms with Gasteiger partial charge < -0.3 is 20.0 Å². The van der Waals surface area contributed by atoms with Crippen LogP contribution >= 0.6 is 0 Å². The monoisotopic (exact) mass is 332 g/mol. The van der Waals surface area contributed by atoms with Gasteiger partial charge in [-0.3, -0.25) is 9.59 Å². The van der Waals surface area contributed by atoms with Gasteiger partial charge in [-0.25, -0.2) is 9.97 Å². The minimum Gasteiger partial charge on any atom is -0.359 e. The maximum absolute atomic E-state index is 11.9. The van der Waals surface area contributed by atoms with Crippen LogP contribution in [0.25, 0.3) is 0 Å². The second-order valence-corrected chi connectivity index (χ2v) is 6.37. The quantitative estimate of drug-likeness (QED) is 0.820. The number of likely N-dealkylation sites (N-methyl/N-ethyl adjacent to an activating group) is 1. The van der Waals surface area contributed by atoms with Crippen molar-refractivity contribution >= 4 is 23.5 Å². The van der Waals surface area contributed by atoms with Crippen molar-refractivity contribution in [2.75, 3.05) is 56.6 Å². The number of aromatic nitrogens is 2. The van der Waals surface area contributed by atoms with Gasteiger partial charge in [-0.05, 0) is 12.8 Å². The topological polar surface area (TPSA) is 81.7 Å². The van der Waals surface area contributed by atoms with Crippen LogP contribution in [-0.2, 0) is 9.59 Å². The summed E-state index contributed by atoms with van der Waals surface area (Å²) in [5.41, 5.74) is 0. The Kier molecular flexibility index (Phi) is 4.82. The molecule has 1 N–H and O–H groups in total. The number of nitrogens with one attached hydrogen (secondary N) is 1. The first-order valence-corrected chi connectivity index (χ1v) is 8.36. The summed E-state index contributed by atoms with van der Waals surface area (Å²) < 4.78 is 0. The molecule has 0 bridgehead atoms. The van der Waals surface area contributed by atoms with Gasteiger partial charge in [0.1, 0.15) is 18.0 Å². The summed E-state index contributed by atoms with van der Waals surface area (Å²) in [6, 6.07) is 1.92. The van der Waals surface area contributed by atoms with Crippen molar-refractivity contribution in [3.05, 3.63) is 12.4 Å². The highest BCUT2D eigenvalue weighted by Crippen LogP contribution is 2.24. The standard InChI is InChI=1S/C16H24N6O2/c1-17-16(24)12-4-3-5-21(9-12)13-8-14(19-11-18-13)22-7-6-20(2)15(23)10-22/h8,11-12H,3-7,9-10H2,1-2H3,(H,17,24). The number of carbonyl (C=O) groups excluding carboxylic acids is 2. The first-order chi connectivity index (χ1) is 11.6. The molecule has 0 aliphatic carbocycles. The molecule has 1 unspecified atom stereocenters. The molecule has 2 amide bonds. The predicted molar refractivity (Wildman–Crippen MR) is 90.9 cm³/mol. The van der Waals surface area contributed by atoms with E-state index in [-0.39, 0.29) is 17.7 Å². The normalized spacial score (nSPS) is 21.8. The second-order valence-electron chi connectivity index (χ2n) is 6.37. The molecule has 1 atom stereocenters. The molecule has 130 valence electrons. The zero-order valence-corrected chi connectivity index (χ0v) is 14.2. The van der Waals surface area contributed by atoms with E-state index in [0.717, 1.165) is 37.6 Å². The van der Waals surface area contributed by atoms with Crippen LogP contribution in [0.2, 0.25) is 0 Å². The molecular formula is C16H24N6O2. The van der Waals surface area contributed by atoms with Gasteiger partial charge in [0.15, 0.2) is 0 Å². The van der Waals surface area contributed by atoms with Gasteiger partial charge in [0.25, 0.3) is 0 Å². The number of rotatable bonds is 3. The SMILES string of the molecule is CNC(=O)C1CCCN(c2cc(N3CCN(C)C(=O)C3)ncn2)C1. The van der Waals surface area contributed by atoms with E-state index < -0.39 is 0 Å². The fourth-order valence-corrected chi connectivity index (χ4v) is 3.24. The molecule has 0 saturated carbocycles. The molecule has 3 rings (SSSR count). The largest absolute Gasteiger partial charge is 0.359 e. The van der Waals surface area contributed by atoms with Gasteiger partial charge in [-0.1, -0.05) is 0 Å². The minimum absolute atomic E-state index is 0.00706. The van der Waals surface area contributed by atoms with Crippen LogP contribution in [-0.4, -0.2) is 73.5 Å². The summed E-state index contributed by atoms with van der Waals surface area (Å²) in [5, 5.41) is 2.73. The Morgan fingerprint density at radius 2 is 1.96 bits per heavy atom. The van der Waals surface area contributed by atoms with Gasteiger partial charge in [-0.2, -0.15) is 0 Å². The average Bonchev–Trinajstić information content (AvgIpc) is 2.63. The van der Waals surface area contributed by atoms with Crippen molar-refractivity contribution in [3.8, 4) is 0 Å². The Labute approximate surface area is 141 Å². The molecule has 2 fully saturated rings. The Balaban J connectivity index is 1.73. The van der Waals surface area contributed by atoms with E-state index in [1.165, 1.54) is 6.33 Å². The number of amides is 2. The highest BCUT2D eigenvalue weighted by atomic mass is 16.2. The number of carbonyl (C=O) groups is 2. The maximum atomic E-state index is 11.9. The Bertz CT molecular complexity index is 622. The van der Waals surface area contributed by atoms with E-state index in [4.69, 9.17) is 0 Å². The summed E-state index contributed by atoms with van der Waals surface area (Å²) in [6.07, 6.45) is 3.41. The molecule has 0 radical (unpaired) electrons. The van der Waals surface area contributed by atoms with Gasteiger partial charge in [-0.15, -0.1) is 0 Å². The molecular weight excluding hydrogens is 308 g/mol. The maximum Gasteiger partial charge on any atom is 0.241 e. The van der Waals surface area contributed by atoms with Crippen LogP contribution in [0.4, 0.5) is 11.6 Å². The number of nitrogens with zero attached hydrogens (tertiary/aromatic N) is 5. The van der Waals surface area contributed by atoms with E-state index in [2.05, 4.69) is 20.2 Å². The highest BCUT2D eigenvalue weighted by molar-refractivity contribution is 5.82. The van der Waals surface area contributed by atoms with Crippen LogP contribution in [0.3, 0.4) is 0 Å². The number of hydrogen-bond acceptors (Lipinski definition) is 6. The summed E-state index contributed by atoms with van der Waals surface area (Å²) >= 11 is 0. The molecule has 24 heavy (non-hydrogen) atoms. The first-order valence-electron chi connectivity index (χ1n) is 8.36. The number of hydrogen-bond donors (Lipinski definition) is 1. The summed E-state index contributed by atoms with van der Waals surface area (Å²) in [5.74, 6) is 1.76. The molecule has 0 aromatic carbocycles. The van der Waals surface area contributed by atoms with Crippen LogP contribution < -0.4 is 15.1 Å². The van der Waals surface area contributed by atoms with Crippen LogP contribution in [0.1, 0.15) is 12.8 Å². The Morgan fingerprint density at radius 1 is 1.21 bits per heavy atom. The van der Waals surface area contributed by atoms with Crippen molar-refractivity contribution in [1.29, 1.82) is 0 Å². The lowest BCUT2D eigenvalue weighted by molar-refractivity contribution is -0.129. The van der Waals surface area contributed by atoms with Gasteiger partial charge >= 0.3 is 0 Å². The molecule has 2 saturated heterocycles. The molecule has 2 aliphatic rings.